The lowest BCUT2D eigenvalue weighted by molar-refractivity contribution is 0.270. The van der Waals surface area contributed by atoms with Gasteiger partial charge in [-0.15, -0.1) is 0 Å². The maximum atomic E-state index is 11.7. The van der Waals surface area contributed by atoms with Crippen LogP contribution < -0.4 is 4.18 Å². The largest absolute Gasteiger partial charge is 0.448 e. The molecule has 0 N–H and O–H groups in total. The highest BCUT2D eigenvalue weighted by atomic mass is 32.3. The predicted octanol–water partition coefficient (Wildman–Crippen LogP) is 3.37. The minimum Gasteiger partial charge on any atom is -0.362 e. The molecule has 1 aliphatic carbocycles. The Morgan fingerprint density at radius 1 is 1.07 bits per heavy atom. The van der Waals surface area contributed by atoms with Crippen LogP contribution in [-0.2, 0) is 27.4 Å². The second kappa shape index (κ2) is 8.26. The van der Waals surface area contributed by atoms with Crippen molar-refractivity contribution in [2.75, 3.05) is 26.7 Å². The van der Waals surface area contributed by atoms with E-state index >= 15 is 0 Å². The third-order valence-corrected chi connectivity index (χ3v) is 6.61. The Labute approximate surface area is 172 Å². The Balaban J connectivity index is 1.81. The molecular weight excluding hydrogens is 388 g/mol. The van der Waals surface area contributed by atoms with Crippen LogP contribution in [-0.4, -0.2) is 45.0 Å². The molecule has 6 nitrogen and oxygen atoms in total. The molecule has 2 aliphatic rings. The summed E-state index contributed by atoms with van der Waals surface area (Å²) in [6.07, 6.45) is 5.56. The number of nitrogens with zero attached hydrogens (tertiary/aromatic N) is 2. The van der Waals surface area contributed by atoms with E-state index in [1.165, 1.54) is 16.7 Å². The number of pyridine rings is 1. The molecule has 1 aromatic carbocycles. The fourth-order valence-electron chi connectivity index (χ4n) is 4.23. The first-order valence-corrected chi connectivity index (χ1v) is 11.4. The van der Waals surface area contributed by atoms with Crippen LogP contribution in [0.2, 0.25) is 0 Å². The molecule has 2 heterocycles. The van der Waals surface area contributed by atoms with Crippen molar-refractivity contribution in [2.24, 2.45) is 0 Å². The summed E-state index contributed by atoms with van der Waals surface area (Å²) < 4.78 is 32.9. The average molecular weight is 415 g/mol. The van der Waals surface area contributed by atoms with E-state index in [-0.39, 0.29) is 5.75 Å². The van der Waals surface area contributed by atoms with E-state index in [2.05, 4.69) is 22.1 Å². The normalized spacial score (nSPS) is 17.4. The fourth-order valence-corrected chi connectivity index (χ4v) is 4.64. The number of piperidine rings is 1. The van der Waals surface area contributed by atoms with Gasteiger partial charge < -0.3 is 9.08 Å². The Morgan fingerprint density at radius 3 is 2.55 bits per heavy atom. The molecule has 0 radical (unpaired) electrons. The zero-order valence-corrected chi connectivity index (χ0v) is 17.7. The lowest BCUT2D eigenvalue weighted by Crippen LogP contribution is -2.30. The molecule has 0 amide bonds. The van der Waals surface area contributed by atoms with Crippen LogP contribution >= 0.6 is 0 Å². The topological polar surface area (TPSA) is 68.7 Å². The van der Waals surface area contributed by atoms with Crippen LogP contribution in [0.1, 0.15) is 42.1 Å². The van der Waals surface area contributed by atoms with Gasteiger partial charge in [-0.05, 0) is 67.1 Å². The summed E-state index contributed by atoms with van der Waals surface area (Å²) in [5.74, 6) is 0.273. The molecule has 154 valence electrons. The molecule has 1 aromatic heterocycles. The summed E-state index contributed by atoms with van der Waals surface area (Å²) in [5.41, 5.74) is 7.14. The van der Waals surface area contributed by atoms with Crippen molar-refractivity contribution in [1.29, 1.82) is 0 Å². The van der Waals surface area contributed by atoms with Gasteiger partial charge in [0.25, 0.3) is 0 Å². The average Bonchev–Trinajstić information content (AvgIpc) is 2.90. The molecule has 2 aromatic rings. The predicted molar refractivity (Wildman–Crippen MR) is 112 cm³/mol. The fraction of sp³-hybridized carbons (Fsp3) is 0.409. The minimum absolute atomic E-state index is 0.273. The van der Waals surface area contributed by atoms with Gasteiger partial charge in [0, 0.05) is 24.9 Å². The number of fused-ring (bicyclic) bond motifs is 2. The molecule has 29 heavy (non-hydrogen) atoms. The van der Waals surface area contributed by atoms with Crippen molar-refractivity contribution in [1.82, 2.24) is 9.88 Å². The van der Waals surface area contributed by atoms with Gasteiger partial charge in [0.1, 0.15) is 5.75 Å². The molecule has 1 aliphatic heterocycles. The minimum atomic E-state index is -4.03. The van der Waals surface area contributed by atoms with Crippen LogP contribution in [0, 0.1) is 0 Å². The monoisotopic (exact) mass is 414 g/mol. The van der Waals surface area contributed by atoms with E-state index in [1.54, 1.807) is 6.07 Å². The lowest BCUT2D eigenvalue weighted by Gasteiger charge is -2.29. The molecule has 4 rings (SSSR count). The van der Waals surface area contributed by atoms with E-state index in [0.717, 1.165) is 69.2 Å². The second-order valence-electron chi connectivity index (χ2n) is 7.40. The standard InChI is InChI=1S/C22H26N2O4S/c1-3-24-13-10-16(11-14-24)21-20-9-8-19(28-29(25,26)27-2)15-18(20)7-6-17-5-4-12-23-22(17)21/h4-5,8-9,12,15H,3,6-7,10-11,13-14H2,1-2H3. The van der Waals surface area contributed by atoms with Gasteiger partial charge in [-0.2, -0.15) is 8.42 Å². The van der Waals surface area contributed by atoms with Crippen LogP contribution in [0.3, 0.4) is 0 Å². The van der Waals surface area contributed by atoms with Gasteiger partial charge in [0.15, 0.2) is 0 Å². The lowest BCUT2D eigenvalue weighted by atomic mass is 9.88. The maximum absolute atomic E-state index is 11.7. The summed E-state index contributed by atoms with van der Waals surface area (Å²) in [6, 6.07) is 9.61. The van der Waals surface area contributed by atoms with Crippen LogP contribution in [0.15, 0.2) is 42.1 Å². The van der Waals surface area contributed by atoms with Crippen LogP contribution in [0.25, 0.3) is 5.57 Å². The quantitative estimate of drug-likeness (QED) is 0.764. The van der Waals surface area contributed by atoms with E-state index in [1.807, 2.05) is 24.4 Å². The molecule has 7 heteroatoms. The van der Waals surface area contributed by atoms with Crippen molar-refractivity contribution in [3.8, 4) is 5.75 Å². The van der Waals surface area contributed by atoms with Crippen molar-refractivity contribution in [3.05, 3.63) is 64.5 Å². The summed E-state index contributed by atoms with van der Waals surface area (Å²) in [7, 11) is -2.95. The first-order valence-electron chi connectivity index (χ1n) is 10.0. The van der Waals surface area contributed by atoms with Crippen molar-refractivity contribution >= 4 is 16.0 Å². The first-order chi connectivity index (χ1) is 14.0. The Morgan fingerprint density at radius 2 is 1.83 bits per heavy atom. The van der Waals surface area contributed by atoms with E-state index < -0.39 is 10.4 Å². The molecule has 1 saturated heterocycles. The molecule has 0 unspecified atom stereocenters. The Kier molecular flexibility index (Phi) is 5.72. The van der Waals surface area contributed by atoms with E-state index in [9.17, 15) is 8.42 Å². The number of likely N-dealkylation sites (tertiary alicyclic amines) is 1. The van der Waals surface area contributed by atoms with Gasteiger partial charge >= 0.3 is 10.4 Å². The number of hydrogen-bond donors (Lipinski definition) is 0. The van der Waals surface area contributed by atoms with E-state index in [0.29, 0.717) is 0 Å². The zero-order valence-electron chi connectivity index (χ0n) is 16.8. The number of aromatic nitrogens is 1. The van der Waals surface area contributed by atoms with Gasteiger partial charge in [0.05, 0.1) is 12.8 Å². The highest BCUT2D eigenvalue weighted by Crippen LogP contribution is 2.38. The van der Waals surface area contributed by atoms with Gasteiger partial charge in [0.2, 0.25) is 0 Å². The smallest absolute Gasteiger partial charge is 0.362 e. The number of rotatable bonds is 4. The van der Waals surface area contributed by atoms with Gasteiger partial charge in [-0.25, -0.2) is 4.18 Å². The molecule has 1 fully saturated rings. The van der Waals surface area contributed by atoms with Crippen LogP contribution in [0.5, 0.6) is 5.75 Å². The first kappa shape index (κ1) is 20.1. The highest BCUT2D eigenvalue weighted by Gasteiger charge is 2.25. The Hall–Kier alpha value is -2.22. The highest BCUT2D eigenvalue weighted by molar-refractivity contribution is 7.82. The zero-order chi connectivity index (χ0) is 20.4. The number of aryl methyl sites for hydroxylation is 2. The van der Waals surface area contributed by atoms with Crippen molar-refractivity contribution < 1.29 is 16.8 Å². The van der Waals surface area contributed by atoms with Gasteiger partial charge in [-0.3, -0.25) is 4.98 Å². The van der Waals surface area contributed by atoms with Crippen molar-refractivity contribution in [2.45, 2.75) is 32.6 Å². The number of benzene rings is 1. The SMILES string of the molecule is CCN1CCC(=C2c3ccc(OS(=O)(=O)OC)cc3CCc3cccnc32)CC1. The van der Waals surface area contributed by atoms with Gasteiger partial charge in [-0.1, -0.05) is 24.6 Å². The molecular formula is C22H26N2O4S. The van der Waals surface area contributed by atoms with Crippen molar-refractivity contribution in [3.63, 3.8) is 0 Å². The Bertz CT molecular complexity index is 1040. The molecule has 0 bridgehead atoms. The third-order valence-electron chi connectivity index (χ3n) is 5.80. The van der Waals surface area contributed by atoms with Crippen LogP contribution in [0.4, 0.5) is 0 Å². The second-order valence-corrected chi connectivity index (χ2v) is 8.72. The molecule has 0 saturated carbocycles. The third kappa shape index (κ3) is 4.22. The summed E-state index contributed by atoms with van der Waals surface area (Å²) in [6.45, 7) is 5.38. The molecule has 0 spiro atoms. The molecule has 0 atom stereocenters. The summed E-state index contributed by atoms with van der Waals surface area (Å²) >= 11 is 0. The summed E-state index contributed by atoms with van der Waals surface area (Å²) in [4.78, 5) is 7.22. The number of hydrogen-bond acceptors (Lipinski definition) is 6. The maximum Gasteiger partial charge on any atom is 0.448 e. The van der Waals surface area contributed by atoms with E-state index in [4.69, 9.17) is 9.17 Å². The summed E-state index contributed by atoms with van der Waals surface area (Å²) in [5, 5.41) is 0.